The minimum absolute atomic E-state index is 0. The molecular formula is C19H32IN3O. The van der Waals surface area contributed by atoms with Gasteiger partial charge >= 0.3 is 0 Å². The van der Waals surface area contributed by atoms with E-state index in [1.165, 1.54) is 17.5 Å². The lowest BCUT2D eigenvalue weighted by atomic mass is 9.89. The van der Waals surface area contributed by atoms with Gasteiger partial charge in [-0.25, -0.2) is 0 Å². The molecule has 1 fully saturated rings. The maximum atomic E-state index is 6.08. The molecule has 0 saturated carbocycles. The van der Waals surface area contributed by atoms with Crippen LogP contribution in [0.5, 0.6) is 0 Å². The standard InChI is InChI=1S/C19H31N3O.HI/c1-5-15(3)22-19(20-4)21-13-17-7-6-12-23-18(17)16-10-8-14(2)9-11-16;/h8-11,15,17-18H,5-7,12-13H2,1-4H3,(H2,20,21,22);1H. The third-order valence-electron chi connectivity index (χ3n) is 4.60. The lowest BCUT2D eigenvalue weighted by Crippen LogP contribution is -2.45. The van der Waals surface area contributed by atoms with E-state index in [1.807, 2.05) is 7.05 Å². The average Bonchev–Trinajstić information content (AvgIpc) is 2.59. The van der Waals surface area contributed by atoms with Crippen molar-refractivity contribution in [2.24, 2.45) is 10.9 Å². The fourth-order valence-electron chi connectivity index (χ4n) is 2.93. The molecule has 24 heavy (non-hydrogen) atoms. The van der Waals surface area contributed by atoms with E-state index in [4.69, 9.17) is 4.74 Å². The number of nitrogens with zero attached hydrogens (tertiary/aromatic N) is 1. The van der Waals surface area contributed by atoms with Crippen LogP contribution < -0.4 is 10.6 Å². The highest BCUT2D eigenvalue weighted by molar-refractivity contribution is 14.0. The van der Waals surface area contributed by atoms with E-state index in [0.29, 0.717) is 12.0 Å². The van der Waals surface area contributed by atoms with E-state index >= 15 is 0 Å². The molecule has 1 aromatic carbocycles. The highest BCUT2D eigenvalue weighted by Gasteiger charge is 2.27. The Morgan fingerprint density at radius 1 is 1.33 bits per heavy atom. The number of rotatable bonds is 5. The highest BCUT2D eigenvalue weighted by Crippen LogP contribution is 2.33. The summed E-state index contributed by atoms with van der Waals surface area (Å²) in [6.07, 6.45) is 3.58. The maximum Gasteiger partial charge on any atom is 0.191 e. The largest absolute Gasteiger partial charge is 0.373 e. The first-order valence-corrected chi connectivity index (χ1v) is 8.79. The van der Waals surface area contributed by atoms with Crippen molar-refractivity contribution in [3.63, 3.8) is 0 Å². The average molecular weight is 445 g/mol. The van der Waals surface area contributed by atoms with Gasteiger partial charge in [-0.15, -0.1) is 24.0 Å². The Bertz CT molecular complexity index is 504. The van der Waals surface area contributed by atoms with Gasteiger partial charge in [0.1, 0.15) is 0 Å². The van der Waals surface area contributed by atoms with Gasteiger partial charge in [-0.1, -0.05) is 36.8 Å². The lowest BCUT2D eigenvalue weighted by Gasteiger charge is -2.33. The van der Waals surface area contributed by atoms with E-state index < -0.39 is 0 Å². The number of hydrogen-bond donors (Lipinski definition) is 2. The normalized spacial score (nSPS) is 22.4. The summed E-state index contributed by atoms with van der Waals surface area (Å²) in [5.41, 5.74) is 2.57. The number of halogens is 1. The molecule has 0 radical (unpaired) electrons. The molecule has 1 aromatic rings. The van der Waals surface area contributed by atoms with Crippen LogP contribution in [0.15, 0.2) is 29.3 Å². The molecule has 3 atom stereocenters. The van der Waals surface area contributed by atoms with Crippen molar-refractivity contribution in [3.8, 4) is 0 Å². The number of aryl methyl sites for hydroxylation is 1. The fourth-order valence-corrected chi connectivity index (χ4v) is 2.93. The van der Waals surface area contributed by atoms with Gasteiger partial charge in [0.25, 0.3) is 0 Å². The number of aliphatic imine (C=N–C) groups is 1. The fraction of sp³-hybridized carbons (Fsp3) is 0.632. The second-order valence-electron chi connectivity index (χ2n) is 6.51. The quantitative estimate of drug-likeness (QED) is 0.409. The molecule has 1 aliphatic rings. The first-order chi connectivity index (χ1) is 11.1. The first-order valence-electron chi connectivity index (χ1n) is 8.79. The smallest absolute Gasteiger partial charge is 0.191 e. The Morgan fingerprint density at radius 2 is 2.04 bits per heavy atom. The van der Waals surface area contributed by atoms with Gasteiger partial charge in [0.2, 0.25) is 0 Å². The zero-order valence-electron chi connectivity index (χ0n) is 15.3. The minimum atomic E-state index is 0. The van der Waals surface area contributed by atoms with Crippen LogP contribution in [0.25, 0.3) is 0 Å². The van der Waals surface area contributed by atoms with Crippen molar-refractivity contribution < 1.29 is 4.74 Å². The van der Waals surface area contributed by atoms with Crippen molar-refractivity contribution in [1.29, 1.82) is 0 Å². The molecule has 0 aliphatic carbocycles. The minimum Gasteiger partial charge on any atom is -0.373 e. The summed E-state index contributed by atoms with van der Waals surface area (Å²) in [7, 11) is 1.83. The van der Waals surface area contributed by atoms with Gasteiger partial charge < -0.3 is 15.4 Å². The van der Waals surface area contributed by atoms with Gasteiger partial charge in [0, 0.05) is 32.2 Å². The molecule has 0 bridgehead atoms. The van der Waals surface area contributed by atoms with Gasteiger partial charge in [0.15, 0.2) is 5.96 Å². The Labute approximate surface area is 163 Å². The van der Waals surface area contributed by atoms with Crippen LogP contribution in [0, 0.1) is 12.8 Å². The van der Waals surface area contributed by atoms with Crippen LogP contribution in [0.2, 0.25) is 0 Å². The molecule has 0 aromatic heterocycles. The van der Waals surface area contributed by atoms with Crippen molar-refractivity contribution in [2.75, 3.05) is 20.2 Å². The van der Waals surface area contributed by atoms with Crippen LogP contribution in [0.4, 0.5) is 0 Å². The van der Waals surface area contributed by atoms with Crippen molar-refractivity contribution in [2.45, 2.75) is 52.2 Å². The zero-order chi connectivity index (χ0) is 16.7. The monoisotopic (exact) mass is 445 g/mol. The van der Waals surface area contributed by atoms with Crippen LogP contribution in [-0.4, -0.2) is 32.2 Å². The second-order valence-corrected chi connectivity index (χ2v) is 6.51. The van der Waals surface area contributed by atoms with E-state index in [-0.39, 0.29) is 30.1 Å². The van der Waals surface area contributed by atoms with Gasteiger partial charge in [-0.2, -0.15) is 0 Å². The van der Waals surface area contributed by atoms with Crippen LogP contribution >= 0.6 is 24.0 Å². The van der Waals surface area contributed by atoms with E-state index in [9.17, 15) is 0 Å². The number of nitrogens with one attached hydrogen (secondary N) is 2. The van der Waals surface area contributed by atoms with Crippen LogP contribution in [0.1, 0.15) is 50.3 Å². The molecule has 136 valence electrons. The topological polar surface area (TPSA) is 45.7 Å². The Morgan fingerprint density at radius 3 is 2.67 bits per heavy atom. The summed E-state index contributed by atoms with van der Waals surface area (Å²) in [6, 6.07) is 9.16. The Balaban J connectivity index is 0.00000288. The number of hydrogen-bond acceptors (Lipinski definition) is 2. The van der Waals surface area contributed by atoms with E-state index in [2.05, 4.69) is 60.7 Å². The second kappa shape index (κ2) is 10.9. The molecule has 1 heterocycles. The lowest BCUT2D eigenvalue weighted by molar-refractivity contribution is -0.0265. The molecular weight excluding hydrogens is 413 g/mol. The van der Waals surface area contributed by atoms with Crippen LogP contribution in [0.3, 0.4) is 0 Å². The predicted molar refractivity (Wildman–Crippen MR) is 112 cm³/mol. The SMILES string of the molecule is CCC(C)NC(=NC)NCC1CCCOC1c1ccc(C)cc1.I. The predicted octanol–water partition coefficient (Wildman–Crippen LogP) is 4.04. The molecule has 2 N–H and O–H groups in total. The molecule has 0 spiro atoms. The van der Waals surface area contributed by atoms with Crippen LogP contribution in [-0.2, 0) is 4.74 Å². The molecule has 4 nitrogen and oxygen atoms in total. The van der Waals surface area contributed by atoms with Crippen molar-refractivity contribution >= 4 is 29.9 Å². The zero-order valence-corrected chi connectivity index (χ0v) is 17.7. The molecule has 1 saturated heterocycles. The molecule has 0 amide bonds. The van der Waals surface area contributed by atoms with E-state index in [1.54, 1.807) is 0 Å². The van der Waals surface area contributed by atoms with Gasteiger partial charge in [0.05, 0.1) is 6.10 Å². The summed E-state index contributed by atoms with van der Waals surface area (Å²) in [5.74, 6) is 1.36. The first kappa shape index (κ1) is 21.2. The Kier molecular flexibility index (Phi) is 9.66. The molecule has 1 aliphatic heterocycles. The summed E-state index contributed by atoms with van der Waals surface area (Å²) in [6.45, 7) is 8.21. The van der Waals surface area contributed by atoms with Gasteiger partial charge in [-0.05, 0) is 38.7 Å². The summed E-state index contributed by atoms with van der Waals surface area (Å²) < 4.78 is 6.08. The summed E-state index contributed by atoms with van der Waals surface area (Å²) >= 11 is 0. The third-order valence-corrected chi connectivity index (χ3v) is 4.60. The number of benzene rings is 1. The number of guanidine groups is 1. The van der Waals surface area contributed by atoms with E-state index in [0.717, 1.165) is 32.0 Å². The molecule has 3 unspecified atom stereocenters. The van der Waals surface area contributed by atoms with Crippen molar-refractivity contribution in [3.05, 3.63) is 35.4 Å². The molecule has 5 heteroatoms. The molecule has 2 rings (SSSR count). The third kappa shape index (κ3) is 6.24. The summed E-state index contributed by atoms with van der Waals surface area (Å²) in [4.78, 5) is 4.32. The highest BCUT2D eigenvalue weighted by atomic mass is 127. The Hall–Kier alpha value is -0.820. The van der Waals surface area contributed by atoms with Crippen molar-refractivity contribution in [1.82, 2.24) is 10.6 Å². The summed E-state index contributed by atoms with van der Waals surface area (Å²) in [5, 5.41) is 6.89. The maximum absolute atomic E-state index is 6.08. The number of ether oxygens (including phenoxy) is 1. The van der Waals surface area contributed by atoms with Gasteiger partial charge in [-0.3, -0.25) is 4.99 Å².